The van der Waals surface area contributed by atoms with Crippen LogP contribution in [0.4, 0.5) is 0 Å². The molecule has 0 unspecified atom stereocenters. The van der Waals surface area contributed by atoms with Crippen LogP contribution in [0.5, 0.6) is 0 Å². The normalized spacial score (nSPS) is 45.4. The van der Waals surface area contributed by atoms with Crippen LogP contribution >= 0.6 is 0 Å². The molecule has 0 bridgehead atoms. The van der Waals surface area contributed by atoms with Crippen molar-refractivity contribution in [2.24, 2.45) is 39.9 Å². The molecule has 4 aliphatic carbocycles. The van der Waals surface area contributed by atoms with Gasteiger partial charge >= 0.3 is 5.97 Å². The lowest BCUT2D eigenvalue weighted by atomic mass is 9.43. The zero-order chi connectivity index (χ0) is 22.6. The quantitative estimate of drug-likeness (QED) is 0.454. The molecule has 4 saturated carbocycles. The summed E-state index contributed by atoms with van der Waals surface area (Å²) in [7, 11) is 0. The Hall–Kier alpha value is -1.31. The molecule has 176 valence electrons. The molecule has 0 aliphatic heterocycles. The van der Waals surface area contributed by atoms with Crippen molar-refractivity contribution in [3.63, 3.8) is 0 Å². The van der Waals surface area contributed by atoms with Gasteiger partial charge < -0.3 is 4.74 Å². The second-order valence-corrected chi connectivity index (χ2v) is 12.7. The van der Waals surface area contributed by atoms with Gasteiger partial charge in [0.15, 0.2) is 0 Å². The summed E-state index contributed by atoms with van der Waals surface area (Å²) in [6.45, 7) is 9.50. The molecule has 4 fully saturated rings. The SMILES string of the molecule is CC(=O)O[C@H]1CC[C@@]2(C)[C@H](CC[C@@H]3[C@@H]2CC[C@@]2(C)[C@H]3CC[C@@]2(C)CCc2ccccc2)C1. The van der Waals surface area contributed by atoms with E-state index < -0.39 is 0 Å². The van der Waals surface area contributed by atoms with Gasteiger partial charge in [-0.2, -0.15) is 0 Å². The Labute approximate surface area is 195 Å². The summed E-state index contributed by atoms with van der Waals surface area (Å²) in [5, 5.41) is 0. The molecule has 2 heteroatoms. The molecular weight excluding hydrogens is 392 g/mol. The van der Waals surface area contributed by atoms with E-state index in [1.807, 2.05) is 0 Å². The van der Waals surface area contributed by atoms with Gasteiger partial charge in [-0.25, -0.2) is 0 Å². The number of fused-ring (bicyclic) bond motifs is 5. The fourth-order valence-corrected chi connectivity index (χ4v) is 9.40. The Balaban J connectivity index is 1.31. The molecule has 5 rings (SSSR count). The minimum absolute atomic E-state index is 0.0959. The standard InChI is InChI=1S/C30H44O2/c1-21(31)32-24-13-18-29(3)23(20-24)10-11-25-26(29)15-19-30(4)27(25)14-17-28(30,2)16-12-22-8-6-5-7-9-22/h5-9,23-27H,10-20H2,1-4H3/t23-,24+,25-,26+,27+,28-,29+,30+/m1/s1. The minimum Gasteiger partial charge on any atom is -0.463 e. The van der Waals surface area contributed by atoms with Crippen molar-refractivity contribution in [3.8, 4) is 0 Å². The average Bonchev–Trinajstić information content (AvgIpc) is 3.04. The number of esters is 1. The van der Waals surface area contributed by atoms with E-state index in [0.717, 1.165) is 36.5 Å². The fraction of sp³-hybridized carbons (Fsp3) is 0.767. The third kappa shape index (κ3) is 3.55. The lowest BCUT2D eigenvalue weighted by molar-refractivity contribution is -0.162. The first-order chi connectivity index (χ1) is 15.3. The van der Waals surface area contributed by atoms with Gasteiger partial charge in [0.2, 0.25) is 0 Å². The molecule has 0 N–H and O–H groups in total. The Bertz CT molecular complexity index is 832. The average molecular weight is 437 g/mol. The van der Waals surface area contributed by atoms with Gasteiger partial charge in [0.25, 0.3) is 0 Å². The monoisotopic (exact) mass is 436 g/mol. The number of carbonyl (C=O) groups excluding carboxylic acids is 1. The number of hydrogen-bond acceptors (Lipinski definition) is 2. The highest BCUT2D eigenvalue weighted by molar-refractivity contribution is 5.66. The summed E-state index contributed by atoms with van der Waals surface area (Å²) in [6.07, 6.45) is 14.6. The predicted molar refractivity (Wildman–Crippen MR) is 130 cm³/mol. The van der Waals surface area contributed by atoms with Crippen LogP contribution in [-0.2, 0) is 16.0 Å². The van der Waals surface area contributed by atoms with Crippen LogP contribution in [0.3, 0.4) is 0 Å². The molecule has 1 aromatic rings. The number of carbonyl (C=O) groups is 1. The molecule has 0 saturated heterocycles. The van der Waals surface area contributed by atoms with E-state index in [1.165, 1.54) is 63.4 Å². The summed E-state index contributed by atoms with van der Waals surface area (Å²) in [4.78, 5) is 11.5. The molecular formula is C30H44O2. The van der Waals surface area contributed by atoms with Crippen LogP contribution in [0.15, 0.2) is 30.3 Å². The van der Waals surface area contributed by atoms with Crippen LogP contribution < -0.4 is 0 Å². The van der Waals surface area contributed by atoms with E-state index in [-0.39, 0.29) is 12.1 Å². The Morgan fingerprint density at radius 1 is 0.938 bits per heavy atom. The largest absolute Gasteiger partial charge is 0.463 e. The van der Waals surface area contributed by atoms with Crippen molar-refractivity contribution in [1.82, 2.24) is 0 Å². The second kappa shape index (κ2) is 8.17. The summed E-state index contributed by atoms with van der Waals surface area (Å²) >= 11 is 0. The van der Waals surface area contributed by atoms with E-state index in [9.17, 15) is 4.79 Å². The van der Waals surface area contributed by atoms with Crippen molar-refractivity contribution in [1.29, 1.82) is 0 Å². The first-order valence-electron chi connectivity index (χ1n) is 13.5. The molecule has 1 aromatic carbocycles. The predicted octanol–water partition coefficient (Wildman–Crippen LogP) is 7.60. The smallest absolute Gasteiger partial charge is 0.302 e. The molecule has 4 aliphatic rings. The molecule has 32 heavy (non-hydrogen) atoms. The molecule has 0 heterocycles. The van der Waals surface area contributed by atoms with E-state index in [2.05, 4.69) is 51.1 Å². The Morgan fingerprint density at radius 2 is 1.69 bits per heavy atom. The number of rotatable bonds is 4. The van der Waals surface area contributed by atoms with Gasteiger partial charge in [-0.1, -0.05) is 51.1 Å². The van der Waals surface area contributed by atoms with E-state index in [0.29, 0.717) is 16.2 Å². The first-order valence-corrected chi connectivity index (χ1v) is 13.5. The van der Waals surface area contributed by atoms with Crippen LogP contribution in [0.2, 0.25) is 0 Å². The van der Waals surface area contributed by atoms with Crippen LogP contribution in [0, 0.1) is 39.9 Å². The van der Waals surface area contributed by atoms with Gasteiger partial charge in [-0.15, -0.1) is 0 Å². The van der Waals surface area contributed by atoms with E-state index >= 15 is 0 Å². The Kier molecular flexibility index (Phi) is 5.74. The summed E-state index contributed by atoms with van der Waals surface area (Å²) in [5.74, 6) is 3.36. The molecule has 0 amide bonds. The van der Waals surface area contributed by atoms with Crippen molar-refractivity contribution >= 4 is 5.97 Å². The molecule has 0 spiro atoms. The highest BCUT2D eigenvalue weighted by atomic mass is 16.5. The topological polar surface area (TPSA) is 26.3 Å². The van der Waals surface area contributed by atoms with Crippen molar-refractivity contribution in [2.75, 3.05) is 0 Å². The maximum Gasteiger partial charge on any atom is 0.302 e. The maximum atomic E-state index is 11.5. The fourth-order valence-electron chi connectivity index (χ4n) is 9.40. The number of ether oxygens (including phenoxy) is 1. The van der Waals surface area contributed by atoms with Crippen molar-refractivity contribution in [3.05, 3.63) is 35.9 Å². The van der Waals surface area contributed by atoms with Gasteiger partial charge in [0.1, 0.15) is 6.10 Å². The third-order valence-corrected chi connectivity index (χ3v) is 11.5. The lowest BCUT2D eigenvalue weighted by Crippen LogP contribution is -2.55. The van der Waals surface area contributed by atoms with Crippen LogP contribution in [0.25, 0.3) is 0 Å². The van der Waals surface area contributed by atoms with Crippen molar-refractivity contribution in [2.45, 2.75) is 104 Å². The summed E-state index contributed by atoms with van der Waals surface area (Å²) < 4.78 is 5.66. The molecule has 0 aromatic heterocycles. The number of benzene rings is 1. The molecule has 2 nitrogen and oxygen atoms in total. The van der Waals surface area contributed by atoms with E-state index in [1.54, 1.807) is 6.92 Å². The molecule has 8 atom stereocenters. The van der Waals surface area contributed by atoms with Crippen LogP contribution in [-0.4, -0.2) is 12.1 Å². The van der Waals surface area contributed by atoms with Gasteiger partial charge in [0, 0.05) is 6.92 Å². The minimum atomic E-state index is -0.0959. The summed E-state index contributed by atoms with van der Waals surface area (Å²) in [5.41, 5.74) is 2.95. The number of hydrogen-bond donors (Lipinski definition) is 0. The summed E-state index contributed by atoms with van der Waals surface area (Å²) in [6, 6.07) is 11.1. The zero-order valence-corrected chi connectivity index (χ0v) is 20.9. The second-order valence-electron chi connectivity index (χ2n) is 12.7. The maximum absolute atomic E-state index is 11.5. The van der Waals surface area contributed by atoms with Gasteiger partial charge in [-0.3, -0.25) is 4.79 Å². The highest BCUT2D eigenvalue weighted by Crippen LogP contribution is 2.71. The third-order valence-electron chi connectivity index (χ3n) is 11.5. The number of aryl methyl sites for hydroxylation is 1. The zero-order valence-electron chi connectivity index (χ0n) is 20.9. The first kappa shape index (κ1) is 22.5. The van der Waals surface area contributed by atoms with Crippen LogP contribution in [0.1, 0.15) is 97.5 Å². The molecule has 0 radical (unpaired) electrons. The van der Waals surface area contributed by atoms with Gasteiger partial charge in [0.05, 0.1) is 0 Å². The highest BCUT2D eigenvalue weighted by Gasteiger charge is 2.63. The van der Waals surface area contributed by atoms with Gasteiger partial charge in [-0.05, 0) is 116 Å². The van der Waals surface area contributed by atoms with E-state index in [4.69, 9.17) is 4.74 Å². The lowest BCUT2D eigenvalue weighted by Gasteiger charge is -2.62. The Morgan fingerprint density at radius 3 is 2.44 bits per heavy atom. The van der Waals surface area contributed by atoms with Crippen molar-refractivity contribution < 1.29 is 9.53 Å².